The van der Waals surface area contributed by atoms with Crippen LogP contribution in [0.5, 0.6) is 0 Å². The number of rotatable bonds is 8. The molecule has 2 amide bonds. The second kappa shape index (κ2) is 10.2. The highest BCUT2D eigenvalue weighted by molar-refractivity contribution is 7.14. The van der Waals surface area contributed by atoms with Crippen LogP contribution in [0.3, 0.4) is 0 Å². The van der Waals surface area contributed by atoms with Crippen molar-refractivity contribution in [3.63, 3.8) is 0 Å². The molecule has 3 aromatic rings. The zero-order valence-corrected chi connectivity index (χ0v) is 18.8. The van der Waals surface area contributed by atoms with Gasteiger partial charge in [0.15, 0.2) is 5.13 Å². The Bertz CT molecular complexity index is 990. The zero-order chi connectivity index (χ0) is 20.8. The van der Waals surface area contributed by atoms with Crippen LogP contribution in [-0.4, -0.2) is 29.9 Å². The van der Waals surface area contributed by atoms with Gasteiger partial charge in [-0.3, -0.25) is 14.5 Å². The van der Waals surface area contributed by atoms with Crippen LogP contribution in [0.15, 0.2) is 41.1 Å². The van der Waals surface area contributed by atoms with Gasteiger partial charge in [0, 0.05) is 35.5 Å². The average molecular weight is 468 g/mol. The molecule has 0 fully saturated rings. The van der Waals surface area contributed by atoms with Crippen LogP contribution >= 0.6 is 45.9 Å². The number of benzene rings is 1. The molecule has 152 valence electrons. The Morgan fingerprint density at radius 1 is 1.21 bits per heavy atom. The van der Waals surface area contributed by atoms with Crippen LogP contribution in [0.25, 0.3) is 11.3 Å². The first-order valence-corrected chi connectivity index (χ1v) is 11.5. The Morgan fingerprint density at radius 3 is 2.72 bits per heavy atom. The lowest BCUT2D eigenvalue weighted by molar-refractivity contribution is -0.118. The summed E-state index contributed by atoms with van der Waals surface area (Å²) < 4.78 is 0. The summed E-state index contributed by atoms with van der Waals surface area (Å²) in [6.07, 6.45) is 0.998. The quantitative estimate of drug-likeness (QED) is 0.459. The van der Waals surface area contributed by atoms with Crippen LogP contribution in [-0.2, 0) is 4.79 Å². The number of nitrogens with one attached hydrogen (secondary N) is 1. The van der Waals surface area contributed by atoms with Crippen molar-refractivity contribution in [2.45, 2.75) is 19.8 Å². The van der Waals surface area contributed by atoms with E-state index < -0.39 is 0 Å². The van der Waals surface area contributed by atoms with Gasteiger partial charge in [0.1, 0.15) is 0 Å². The van der Waals surface area contributed by atoms with E-state index in [1.54, 1.807) is 23.1 Å². The van der Waals surface area contributed by atoms with Gasteiger partial charge in [-0.25, -0.2) is 4.98 Å². The number of nitrogens with zero attached hydrogens (tertiary/aromatic N) is 2. The van der Waals surface area contributed by atoms with Crippen molar-refractivity contribution in [2.24, 2.45) is 0 Å². The Kier molecular flexibility index (Phi) is 7.66. The van der Waals surface area contributed by atoms with Gasteiger partial charge in [0.25, 0.3) is 5.91 Å². The monoisotopic (exact) mass is 467 g/mol. The molecule has 0 unspecified atom stereocenters. The largest absolute Gasteiger partial charge is 0.351 e. The fourth-order valence-corrected chi connectivity index (χ4v) is 4.69. The number of hydrogen-bond acceptors (Lipinski definition) is 5. The van der Waals surface area contributed by atoms with Crippen molar-refractivity contribution in [3.05, 3.63) is 56.0 Å². The summed E-state index contributed by atoms with van der Waals surface area (Å²) in [6, 6.07) is 8.82. The van der Waals surface area contributed by atoms with Crippen LogP contribution in [0.4, 0.5) is 5.13 Å². The summed E-state index contributed by atoms with van der Waals surface area (Å²) in [5.74, 6) is -0.245. The Balaban J connectivity index is 1.66. The third-order valence-electron chi connectivity index (χ3n) is 4.05. The number of amides is 2. The zero-order valence-electron chi connectivity index (χ0n) is 15.7. The standard InChI is InChI=1S/C20H19Cl2N3O2S2/c1-2-9-25(18(26)7-8-23-19(27)17-4-3-10-28-17)20-24-16(12-29-20)14-6-5-13(21)11-15(14)22/h3-6,10-12H,2,7-9H2,1H3,(H,23,27). The third-order valence-corrected chi connectivity index (χ3v) is 6.33. The first-order chi connectivity index (χ1) is 14.0. The normalized spacial score (nSPS) is 10.7. The van der Waals surface area contributed by atoms with E-state index >= 15 is 0 Å². The van der Waals surface area contributed by atoms with E-state index in [0.717, 1.165) is 12.0 Å². The molecule has 5 nitrogen and oxygen atoms in total. The molecule has 0 aliphatic rings. The minimum atomic E-state index is -0.163. The molecule has 0 aliphatic carbocycles. The molecule has 1 N–H and O–H groups in total. The molecule has 0 radical (unpaired) electrons. The van der Waals surface area contributed by atoms with Gasteiger partial charge in [-0.15, -0.1) is 22.7 Å². The highest BCUT2D eigenvalue weighted by atomic mass is 35.5. The van der Waals surface area contributed by atoms with Crippen molar-refractivity contribution in [1.29, 1.82) is 0 Å². The summed E-state index contributed by atoms with van der Waals surface area (Å²) in [6.45, 7) is 2.83. The maximum Gasteiger partial charge on any atom is 0.261 e. The molecule has 0 atom stereocenters. The van der Waals surface area contributed by atoms with Gasteiger partial charge < -0.3 is 5.32 Å². The molecule has 0 aliphatic heterocycles. The number of thiophene rings is 1. The van der Waals surface area contributed by atoms with E-state index in [0.29, 0.717) is 32.3 Å². The molecule has 2 heterocycles. The first kappa shape index (κ1) is 21.8. The number of aromatic nitrogens is 1. The number of anilines is 1. The van der Waals surface area contributed by atoms with E-state index in [-0.39, 0.29) is 24.8 Å². The number of thiazole rings is 1. The fourth-order valence-electron chi connectivity index (χ4n) is 2.67. The molecular formula is C20H19Cl2N3O2S2. The van der Waals surface area contributed by atoms with Crippen molar-refractivity contribution in [3.8, 4) is 11.3 Å². The van der Waals surface area contributed by atoms with Crippen LogP contribution < -0.4 is 10.2 Å². The molecule has 2 aromatic heterocycles. The number of hydrogen-bond donors (Lipinski definition) is 1. The summed E-state index contributed by atoms with van der Waals surface area (Å²) in [5, 5.41) is 8.19. The lowest BCUT2D eigenvalue weighted by Gasteiger charge is -2.19. The number of carbonyl (C=O) groups excluding carboxylic acids is 2. The molecule has 0 bridgehead atoms. The van der Waals surface area contributed by atoms with Gasteiger partial charge in [-0.2, -0.15) is 0 Å². The number of halogens is 2. The molecule has 3 rings (SSSR count). The Morgan fingerprint density at radius 2 is 2.03 bits per heavy atom. The SMILES string of the molecule is CCCN(C(=O)CCNC(=O)c1cccs1)c1nc(-c2ccc(Cl)cc2Cl)cs1. The average Bonchev–Trinajstić information content (AvgIpc) is 3.38. The second-order valence-electron chi connectivity index (χ2n) is 6.17. The third kappa shape index (κ3) is 5.57. The minimum Gasteiger partial charge on any atom is -0.351 e. The van der Waals surface area contributed by atoms with Crippen molar-refractivity contribution in [2.75, 3.05) is 18.0 Å². The second-order valence-corrected chi connectivity index (χ2v) is 8.80. The van der Waals surface area contributed by atoms with E-state index in [9.17, 15) is 9.59 Å². The molecular weight excluding hydrogens is 449 g/mol. The van der Waals surface area contributed by atoms with Crippen molar-refractivity contribution >= 4 is 62.8 Å². The van der Waals surface area contributed by atoms with E-state index in [1.807, 2.05) is 29.8 Å². The topological polar surface area (TPSA) is 62.3 Å². The summed E-state index contributed by atoms with van der Waals surface area (Å²) in [7, 11) is 0. The first-order valence-electron chi connectivity index (χ1n) is 9.02. The van der Waals surface area contributed by atoms with E-state index in [4.69, 9.17) is 23.2 Å². The summed E-state index contributed by atoms with van der Waals surface area (Å²) >= 11 is 15.0. The van der Waals surface area contributed by atoms with Gasteiger partial charge in [-0.05, 0) is 36.1 Å². The highest BCUT2D eigenvalue weighted by Crippen LogP contribution is 2.33. The summed E-state index contributed by atoms with van der Waals surface area (Å²) in [5.41, 5.74) is 1.47. The van der Waals surface area contributed by atoms with Crippen molar-refractivity contribution in [1.82, 2.24) is 10.3 Å². The molecule has 29 heavy (non-hydrogen) atoms. The minimum absolute atomic E-state index is 0.0820. The Hall–Kier alpha value is -1.93. The van der Waals surface area contributed by atoms with Gasteiger partial charge in [0.2, 0.25) is 5.91 Å². The van der Waals surface area contributed by atoms with Gasteiger partial charge in [-0.1, -0.05) is 36.2 Å². The highest BCUT2D eigenvalue weighted by Gasteiger charge is 2.19. The van der Waals surface area contributed by atoms with Gasteiger partial charge >= 0.3 is 0 Å². The molecule has 1 aromatic carbocycles. The maximum absolute atomic E-state index is 12.8. The molecule has 9 heteroatoms. The van der Waals surface area contributed by atoms with Crippen LogP contribution in [0.1, 0.15) is 29.4 Å². The fraction of sp³-hybridized carbons (Fsp3) is 0.250. The lowest BCUT2D eigenvalue weighted by Crippen LogP contribution is -2.35. The van der Waals surface area contributed by atoms with E-state index in [2.05, 4.69) is 10.3 Å². The number of carbonyl (C=O) groups is 2. The predicted octanol–water partition coefficient (Wildman–Crippen LogP) is 5.74. The Labute approximate surface area is 187 Å². The van der Waals surface area contributed by atoms with Crippen LogP contribution in [0.2, 0.25) is 10.0 Å². The molecule has 0 saturated heterocycles. The molecule has 0 saturated carbocycles. The van der Waals surface area contributed by atoms with Crippen molar-refractivity contribution < 1.29 is 9.59 Å². The van der Waals surface area contributed by atoms with Crippen LogP contribution in [0, 0.1) is 0 Å². The smallest absolute Gasteiger partial charge is 0.261 e. The maximum atomic E-state index is 12.8. The van der Waals surface area contributed by atoms with Gasteiger partial charge in [0.05, 0.1) is 15.6 Å². The summed E-state index contributed by atoms with van der Waals surface area (Å²) in [4.78, 5) is 31.7. The lowest BCUT2D eigenvalue weighted by atomic mass is 10.2. The van der Waals surface area contributed by atoms with E-state index in [1.165, 1.54) is 22.7 Å². The molecule has 0 spiro atoms. The predicted molar refractivity (Wildman–Crippen MR) is 121 cm³/mol.